The maximum atomic E-state index is 11.8. The maximum Gasteiger partial charge on any atom is 0.328 e. The first kappa shape index (κ1) is 14.2. The molecule has 0 radical (unpaired) electrons. The van der Waals surface area contributed by atoms with Gasteiger partial charge >= 0.3 is 5.97 Å². The summed E-state index contributed by atoms with van der Waals surface area (Å²) >= 11 is 0. The van der Waals surface area contributed by atoms with Crippen LogP contribution in [-0.4, -0.2) is 24.0 Å². The molecule has 0 fully saturated rings. The molecule has 1 unspecified atom stereocenters. The topological polar surface area (TPSA) is 55.4 Å². The first-order chi connectivity index (χ1) is 8.54. The molecule has 0 aliphatic rings. The van der Waals surface area contributed by atoms with Crippen molar-refractivity contribution in [2.24, 2.45) is 0 Å². The molecule has 0 saturated carbocycles. The normalized spacial score (nSPS) is 13.5. The molecular weight excluding hydrogens is 230 g/mol. The van der Waals surface area contributed by atoms with Gasteiger partial charge in [0.25, 0.3) is 5.91 Å². The SMILES string of the molecule is CCC(C)OC(=O)[C@@H](C)NC(=O)c1ccccc1. The van der Waals surface area contributed by atoms with Crippen LogP contribution in [0.15, 0.2) is 30.3 Å². The molecule has 0 spiro atoms. The van der Waals surface area contributed by atoms with E-state index in [1.54, 1.807) is 31.2 Å². The van der Waals surface area contributed by atoms with Gasteiger partial charge < -0.3 is 10.1 Å². The van der Waals surface area contributed by atoms with E-state index in [1.807, 2.05) is 19.9 Å². The van der Waals surface area contributed by atoms with Gasteiger partial charge in [0.05, 0.1) is 6.10 Å². The third-order valence-electron chi connectivity index (χ3n) is 2.63. The molecule has 0 heterocycles. The average Bonchev–Trinajstić information content (AvgIpc) is 2.39. The van der Waals surface area contributed by atoms with E-state index in [1.165, 1.54) is 0 Å². The maximum absolute atomic E-state index is 11.8. The van der Waals surface area contributed by atoms with Crippen LogP contribution >= 0.6 is 0 Å². The molecule has 2 atom stereocenters. The zero-order valence-corrected chi connectivity index (χ0v) is 11.0. The molecule has 1 rings (SSSR count). The smallest absolute Gasteiger partial charge is 0.328 e. The Labute approximate surface area is 107 Å². The quantitative estimate of drug-likeness (QED) is 0.813. The average molecular weight is 249 g/mol. The molecule has 4 nitrogen and oxygen atoms in total. The number of carbonyl (C=O) groups excluding carboxylic acids is 2. The Kier molecular flexibility index (Phi) is 5.36. The molecule has 0 bridgehead atoms. The Balaban J connectivity index is 2.52. The van der Waals surface area contributed by atoms with Crippen LogP contribution in [0.3, 0.4) is 0 Å². The van der Waals surface area contributed by atoms with Crippen molar-refractivity contribution < 1.29 is 14.3 Å². The number of benzene rings is 1. The van der Waals surface area contributed by atoms with Crippen molar-refractivity contribution in [3.8, 4) is 0 Å². The van der Waals surface area contributed by atoms with E-state index in [2.05, 4.69) is 5.32 Å². The Morgan fingerprint density at radius 3 is 2.39 bits per heavy atom. The van der Waals surface area contributed by atoms with Crippen molar-refractivity contribution in [1.82, 2.24) is 5.32 Å². The van der Waals surface area contributed by atoms with Crippen LogP contribution in [-0.2, 0) is 9.53 Å². The lowest BCUT2D eigenvalue weighted by Crippen LogP contribution is -2.40. The van der Waals surface area contributed by atoms with E-state index in [9.17, 15) is 9.59 Å². The highest BCUT2D eigenvalue weighted by molar-refractivity contribution is 5.96. The summed E-state index contributed by atoms with van der Waals surface area (Å²) in [4.78, 5) is 23.4. The summed E-state index contributed by atoms with van der Waals surface area (Å²) in [5.74, 6) is -0.683. The van der Waals surface area contributed by atoms with Crippen LogP contribution in [0, 0.1) is 0 Å². The van der Waals surface area contributed by atoms with Gasteiger partial charge in [-0.15, -0.1) is 0 Å². The van der Waals surface area contributed by atoms with Crippen LogP contribution in [0.4, 0.5) is 0 Å². The van der Waals surface area contributed by atoms with Gasteiger partial charge in [-0.1, -0.05) is 25.1 Å². The molecule has 1 aromatic rings. The van der Waals surface area contributed by atoms with Gasteiger partial charge in [-0.25, -0.2) is 4.79 Å². The fraction of sp³-hybridized carbons (Fsp3) is 0.429. The van der Waals surface area contributed by atoms with E-state index < -0.39 is 12.0 Å². The molecule has 4 heteroatoms. The Morgan fingerprint density at radius 1 is 1.22 bits per heavy atom. The lowest BCUT2D eigenvalue weighted by molar-refractivity contribution is -0.150. The van der Waals surface area contributed by atoms with Crippen LogP contribution in [0.5, 0.6) is 0 Å². The zero-order valence-electron chi connectivity index (χ0n) is 11.0. The highest BCUT2D eigenvalue weighted by atomic mass is 16.5. The highest BCUT2D eigenvalue weighted by Gasteiger charge is 2.19. The second-order valence-electron chi connectivity index (χ2n) is 4.22. The number of amides is 1. The number of carbonyl (C=O) groups is 2. The summed E-state index contributed by atoms with van der Waals surface area (Å²) in [7, 11) is 0. The Bertz CT molecular complexity index is 403. The monoisotopic (exact) mass is 249 g/mol. The minimum absolute atomic E-state index is 0.131. The molecule has 0 saturated heterocycles. The second kappa shape index (κ2) is 6.79. The number of hydrogen-bond acceptors (Lipinski definition) is 3. The molecular formula is C14H19NO3. The third kappa shape index (κ3) is 4.20. The van der Waals surface area contributed by atoms with E-state index in [4.69, 9.17) is 4.74 Å². The standard InChI is InChI=1S/C14H19NO3/c1-4-10(2)18-14(17)11(3)15-13(16)12-8-6-5-7-9-12/h5-11H,4H2,1-3H3,(H,15,16)/t10?,11-/m1/s1. The van der Waals surface area contributed by atoms with Crippen LogP contribution in [0.2, 0.25) is 0 Å². The van der Waals surface area contributed by atoms with Crippen molar-refractivity contribution in [3.63, 3.8) is 0 Å². The van der Waals surface area contributed by atoms with Gasteiger partial charge in [-0.3, -0.25) is 4.79 Å². The largest absolute Gasteiger partial charge is 0.461 e. The van der Waals surface area contributed by atoms with E-state index >= 15 is 0 Å². The number of nitrogens with one attached hydrogen (secondary N) is 1. The van der Waals surface area contributed by atoms with Crippen molar-refractivity contribution >= 4 is 11.9 Å². The molecule has 0 aromatic heterocycles. The fourth-order valence-electron chi connectivity index (χ4n) is 1.31. The van der Waals surface area contributed by atoms with E-state index in [0.717, 1.165) is 6.42 Å². The number of esters is 1. The molecule has 1 aromatic carbocycles. The van der Waals surface area contributed by atoms with Crippen molar-refractivity contribution in [2.45, 2.75) is 39.3 Å². The molecule has 0 aliphatic carbocycles. The summed E-state index contributed by atoms with van der Waals surface area (Å²) in [6, 6.07) is 8.13. The number of ether oxygens (including phenoxy) is 1. The first-order valence-corrected chi connectivity index (χ1v) is 6.11. The van der Waals surface area contributed by atoms with Crippen LogP contribution < -0.4 is 5.32 Å². The molecule has 0 aliphatic heterocycles. The van der Waals surface area contributed by atoms with E-state index in [0.29, 0.717) is 5.56 Å². The second-order valence-corrected chi connectivity index (χ2v) is 4.22. The number of hydrogen-bond donors (Lipinski definition) is 1. The minimum Gasteiger partial charge on any atom is -0.461 e. The predicted molar refractivity (Wildman–Crippen MR) is 69.2 cm³/mol. The third-order valence-corrected chi connectivity index (χ3v) is 2.63. The van der Waals surface area contributed by atoms with Gasteiger partial charge in [0.1, 0.15) is 6.04 Å². The summed E-state index contributed by atoms with van der Waals surface area (Å²) in [5.41, 5.74) is 0.528. The van der Waals surface area contributed by atoms with Gasteiger partial charge in [0, 0.05) is 5.56 Å². The Hall–Kier alpha value is -1.84. The minimum atomic E-state index is -0.647. The summed E-state index contributed by atoms with van der Waals surface area (Å²) in [6.07, 6.45) is 0.624. The summed E-state index contributed by atoms with van der Waals surface area (Å²) < 4.78 is 5.14. The van der Waals surface area contributed by atoms with Crippen LogP contribution in [0.1, 0.15) is 37.6 Å². The Morgan fingerprint density at radius 2 is 1.83 bits per heavy atom. The molecule has 18 heavy (non-hydrogen) atoms. The van der Waals surface area contributed by atoms with Gasteiger partial charge in [0.2, 0.25) is 0 Å². The molecule has 98 valence electrons. The first-order valence-electron chi connectivity index (χ1n) is 6.11. The van der Waals surface area contributed by atoms with Gasteiger partial charge in [-0.05, 0) is 32.4 Å². The van der Waals surface area contributed by atoms with Crippen molar-refractivity contribution in [3.05, 3.63) is 35.9 Å². The van der Waals surface area contributed by atoms with Crippen molar-refractivity contribution in [2.75, 3.05) is 0 Å². The summed E-state index contributed by atoms with van der Waals surface area (Å²) in [5, 5.41) is 2.61. The number of rotatable bonds is 5. The lowest BCUT2D eigenvalue weighted by atomic mass is 10.2. The van der Waals surface area contributed by atoms with E-state index in [-0.39, 0.29) is 12.0 Å². The molecule has 1 N–H and O–H groups in total. The lowest BCUT2D eigenvalue weighted by Gasteiger charge is -2.16. The highest BCUT2D eigenvalue weighted by Crippen LogP contribution is 2.02. The van der Waals surface area contributed by atoms with Crippen LogP contribution in [0.25, 0.3) is 0 Å². The van der Waals surface area contributed by atoms with Crippen molar-refractivity contribution in [1.29, 1.82) is 0 Å². The zero-order chi connectivity index (χ0) is 13.5. The predicted octanol–water partition coefficient (Wildman–Crippen LogP) is 2.15. The molecule has 1 amide bonds. The fourth-order valence-corrected chi connectivity index (χ4v) is 1.31. The van der Waals surface area contributed by atoms with Gasteiger partial charge in [0.15, 0.2) is 0 Å². The van der Waals surface area contributed by atoms with Gasteiger partial charge in [-0.2, -0.15) is 0 Å². The summed E-state index contributed by atoms with van der Waals surface area (Å²) in [6.45, 7) is 5.38.